The summed E-state index contributed by atoms with van der Waals surface area (Å²) in [5.74, 6) is 0.209. The van der Waals surface area contributed by atoms with Crippen LogP contribution >= 0.6 is 15.9 Å². The first-order chi connectivity index (χ1) is 7.08. The highest BCUT2D eigenvalue weighted by Gasteiger charge is 2.04. The van der Waals surface area contributed by atoms with E-state index in [1.165, 1.54) is 0 Å². The van der Waals surface area contributed by atoms with Crippen LogP contribution in [-0.2, 0) is 6.42 Å². The fourth-order valence-electron chi connectivity index (χ4n) is 1.20. The zero-order valence-electron chi connectivity index (χ0n) is 8.42. The average molecular weight is 279 g/mol. The van der Waals surface area contributed by atoms with Crippen LogP contribution in [0.2, 0.25) is 0 Å². The van der Waals surface area contributed by atoms with Gasteiger partial charge < -0.3 is 4.74 Å². The van der Waals surface area contributed by atoms with Gasteiger partial charge in [0.15, 0.2) is 0 Å². The minimum atomic E-state index is -2.75. The second-order valence-corrected chi connectivity index (χ2v) is 4.91. The van der Waals surface area contributed by atoms with Gasteiger partial charge in [-0.1, -0.05) is 35.0 Å². The van der Waals surface area contributed by atoms with Crippen molar-refractivity contribution >= 4 is 15.9 Å². The van der Waals surface area contributed by atoms with Crippen molar-refractivity contribution in [3.8, 4) is 5.75 Å². The van der Waals surface area contributed by atoms with Crippen LogP contribution in [0.15, 0.2) is 24.3 Å². The fraction of sp³-hybridized carbons (Fsp3) is 0.455. The molecule has 1 aromatic rings. The van der Waals surface area contributed by atoms with Crippen LogP contribution in [0.3, 0.4) is 0 Å². The maximum Gasteiger partial charge on any atom is 0.387 e. The first-order valence-electron chi connectivity index (χ1n) is 4.75. The minimum Gasteiger partial charge on any atom is -0.435 e. The largest absolute Gasteiger partial charge is 0.435 e. The Labute approximate surface area is 96.6 Å². The first kappa shape index (κ1) is 12.4. The summed E-state index contributed by atoms with van der Waals surface area (Å²) >= 11 is 3.46. The van der Waals surface area contributed by atoms with Crippen molar-refractivity contribution in [2.24, 2.45) is 0 Å². The van der Waals surface area contributed by atoms with Gasteiger partial charge in [-0.15, -0.1) is 0 Å². The standard InChI is InChI=1S/C11H13BrF2O/c1-8(12)2-3-9-4-6-10(7-5-9)15-11(13)14/h4-8,11H,2-3H2,1H3. The maximum absolute atomic E-state index is 11.8. The van der Waals surface area contributed by atoms with E-state index in [-0.39, 0.29) is 5.75 Å². The Balaban J connectivity index is 2.49. The van der Waals surface area contributed by atoms with Crippen LogP contribution in [0.5, 0.6) is 5.75 Å². The highest BCUT2D eigenvalue weighted by molar-refractivity contribution is 9.09. The molecular formula is C11H13BrF2O. The molecule has 0 N–H and O–H groups in total. The Bertz CT molecular complexity index is 285. The van der Waals surface area contributed by atoms with Crippen molar-refractivity contribution < 1.29 is 13.5 Å². The van der Waals surface area contributed by atoms with Crippen molar-refractivity contribution in [2.45, 2.75) is 31.2 Å². The number of aryl methyl sites for hydroxylation is 1. The molecule has 1 nitrogen and oxygen atoms in total. The third-order valence-corrected chi connectivity index (χ3v) is 2.44. The molecule has 0 heterocycles. The van der Waals surface area contributed by atoms with Crippen LogP contribution in [0.4, 0.5) is 8.78 Å². The molecule has 84 valence electrons. The fourth-order valence-corrected chi connectivity index (χ4v) is 1.43. The van der Waals surface area contributed by atoms with Gasteiger partial charge in [0.2, 0.25) is 0 Å². The normalized spacial score (nSPS) is 12.9. The molecule has 1 aromatic carbocycles. The van der Waals surface area contributed by atoms with Gasteiger partial charge in [-0.2, -0.15) is 8.78 Å². The summed E-state index contributed by atoms with van der Waals surface area (Å²) in [5.41, 5.74) is 1.13. The lowest BCUT2D eigenvalue weighted by molar-refractivity contribution is -0.0498. The summed E-state index contributed by atoms with van der Waals surface area (Å²) in [6, 6.07) is 6.76. The third kappa shape index (κ3) is 5.11. The molecule has 0 bridgehead atoms. The van der Waals surface area contributed by atoms with Gasteiger partial charge in [0.1, 0.15) is 5.75 Å². The predicted octanol–water partition coefficient (Wildman–Crippen LogP) is 4.00. The second kappa shape index (κ2) is 6.05. The lowest BCUT2D eigenvalue weighted by Crippen LogP contribution is -2.01. The summed E-state index contributed by atoms with van der Waals surface area (Å²) in [5, 5.41) is 0. The molecule has 4 heteroatoms. The van der Waals surface area contributed by atoms with Gasteiger partial charge in [-0.05, 0) is 30.5 Å². The monoisotopic (exact) mass is 278 g/mol. The smallest absolute Gasteiger partial charge is 0.387 e. The summed E-state index contributed by atoms with van der Waals surface area (Å²) in [7, 11) is 0. The molecule has 0 aliphatic rings. The van der Waals surface area contributed by atoms with E-state index in [9.17, 15) is 8.78 Å². The third-order valence-electron chi connectivity index (χ3n) is 1.98. The Morgan fingerprint density at radius 3 is 2.33 bits per heavy atom. The molecule has 0 saturated heterocycles. The summed E-state index contributed by atoms with van der Waals surface area (Å²) in [6.45, 7) is -0.674. The Morgan fingerprint density at radius 2 is 1.87 bits per heavy atom. The van der Waals surface area contributed by atoms with Crippen LogP contribution in [0, 0.1) is 0 Å². The van der Waals surface area contributed by atoms with E-state index in [0.29, 0.717) is 4.83 Å². The predicted molar refractivity (Wildman–Crippen MR) is 59.8 cm³/mol. The van der Waals surface area contributed by atoms with Crippen molar-refractivity contribution in [3.63, 3.8) is 0 Å². The molecule has 1 unspecified atom stereocenters. The van der Waals surface area contributed by atoms with Gasteiger partial charge in [-0.3, -0.25) is 0 Å². The Morgan fingerprint density at radius 1 is 1.27 bits per heavy atom. The topological polar surface area (TPSA) is 9.23 Å². The van der Waals surface area contributed by atoms with Crippen molar-refractivity contribution in [2.75, 3.05) is 0 Å². The number of alkyl halides is 3. The van der Waals surface area contributed by atoms with Crippen molar-refractivity contribution in [1.29, 1.82) is 0 Å². The lowest BCUT2D eigenvalue weighted by atomic mass is 10.1. The van der Waals surface area contributed by atoms with Crippen LogP contribution < -0.4 is 4.74 Å². The summed E-state index contributed by atoms with van der Waals surface area (Å²) in [6.07, 6.45) is 1.95. The van der Waals surface area contributed by atoms with Crippen LogP contribution in [0.1, 0.15) is 18.9 Å². The molecule has 15 heavy (non-hydrogen) atoms. The molecule has 0 aromatic heterocycles. The van der Waals surface area contributed by atoms with Gasteiger partial charge in [0, 0.05) is 4.83 Å². The molecule has 0 radical (unpaired) electrons. The molecular weight excluding hydrogens is 266 g/mol. The van der Waals surface area contributed by atoms with E-state index >= 15 is 0 Å². The van der Waals surface area contributed by atoms with Crippen LogP contribution in [0.25, 0.3) is 0 Å². The molecule has 0 aliphatic carbocycles. The van der Waals surface area contributed by atoms with Gasteiger partial charge >= 0.3 is 6.61 Å². The zero-order chi connectivity index (χ0) is 11.3. The number of ether oxygens (including phenoxy) is 1. The van der Waals surface area contributed by atoms with E-state index in [4.69, 9.17) is 0 Å². The SMILES string of the molecule is CC(Br)CCc1ccc(OC(F)F)cc1. The molecule has 0 aliphatic heterocycles. The Kier molecular flexibility index (Phi) is 5.02. The van der Waals surface area contributed by atoms with Gasteiger partial charge in [-0.25, -0.2) is 0 Å². The molecule has 0 fully saturated rings. The van der Waals surface area contributed by atoms with E-state index in [2.05, 4.69) is 27.6 Å². The molecule has 1 rings (SSSR count). The number of halogens is 3. The minimum absolute atomic E-state index is 0.209. The van der Waals surface area contributed by atoms with Crippen molar-refractivity contribution in [1.82, 2.24) is 0 Å². The number of benzene rings is 1. The van der Waals surface area contributed by atoms with E-state index in [1.807, 2.05) is 12.1 Å². The lowest BCUT2D eigenvalue weighted by Gasteiger charge is -2.06. The number of rotatable bonds is 5. The number of hydrogen-bond donors (Lipinski definition) is 0. The van der Waals surface area contributed by atoms with E-state index < -0.39 is 6.61 Å². The van der Waals surface area contributed by atoms with E-state index in [0.717, 1.165) is 18.4 Å². The van der Waals surface area contributed by atoms with Crippen LogP contribution in [-0.4, -0.2) is 11.4 Å². The quantitative estimate of drug-likeness (QED) is 0.740. The highest BCUT2D eigenvalue weighted by Crippen LogP contribution is 2.17. The van der Waals surface area contributed by atoms with Gasteiger partial charge in [0.05, 0.1) is 0 Å². The first-order valence-corrected chi connectivity index (χ1v) is 5.67. The number of hydrogen-bond acceptors (Lipinski definition) is 1. The van der Waals surface area contributed by atoms with Crippen molar-refractivity contribution in [3.05, 3.63) is 29.8 Å². The zero-order valence-corrected chi connectivity index (χ0v) is 10.0. The molecule has 0 amide bonds. The molecule has 0 spiro atoms. The van der Waals surface area contributed by atoms with E-state index in [1.54, 1.807) is 12.1 Å². The molecule has 0 saturated carbocycles. The summed E-state index contributed by atoms with van der Waals surface area (Å²) < 4.78 is 27.9. The highest BCUT2D eigenvalue weighted by atomic mass is 79.9. The second-order valence-electron chi connectivity index (χ2n) is 3.34. The van der Waals surface area contributed by atoms with Gasteiger partial charge in [0.25, 0.3) is 0 Å². The summed E-state index contributed by atoms with van der Waals surface area (Å²) in [4.78, 5) is 0.467. The molecule has 1 atom stereocenters. The average Bonchev–Trinajstić information content (AvgIpc) is 2.16. The maximum atomic E-state index is 11.8. The Hall–Kier alpha value is -0.640.